The number of benzene rings is 12. The minimum Gasteiger partial charge on any atom is -0.458 e. The molecule has 0 radical (unpaired) electrons. The Balaban J connectivity index is 0.846. The number of fused-ring (bicyclic) bond motifs is 11. The third-order valence-electron chi connectivity index (χ3n) is 16.2. The van der Waals surface area contributed by atoms with Gasteiger partial charge in [0.2, 0.25) is 0 Å². The van der Waals surface area contributed by atoms with Crippen LogP contribution in [0.5, 0.6) is 11.5 Å². The summed E-state index contributed by atoms with van der Waals surface area (Å²) in [4.78, 5) is 0. The van der Waals surface area contributed by atoms with Crippen LogP contribution in [0, 0.1) is 0 Å². The molecule has 0 saturated carbocycles. The number of hydrogen-bond acceptors (Lipinski definition) is 3. The molecule has 0 spiro atoms. The number of hydrogen-bond donors (Lipinski definition) is 0. The quantitative estimate of drug-likeness (QED) is 0.145. The monoisotopic (exact) mass is 1030 g/mol. The minimum atomic E-state index is -3.06. The zero-order chi connectivity index (χ0) is 50.6. The van der Waals surface area contributed by atoms with Crippen LogP contribution >= 0.6 is 22.7 Å². The van der Waals surface area contributed by atoms with Crippen LogP contribution in [0.15, 0.2) is 273 Å². The highest BCUT2D eigenvalue weighted by Crippen LogP contribution is 2.45. The van der Waals surface area contributed by atoms with Crippen LogP contribution in [0.1, 0.15) is 0 Å². The topological polar surface area (TPSA) is 14.2 Å². The van der Waals surface area contributed by atoms with Crippen LogP contribution in [0.2, 0.25) is 0 Å². The third kappa shape index (κ3) is 6.84. The fraction of sp³-hybridized carbons (Fsp3) is 0. The molecule has 0 saturated heterocycles. The summed E-state index contributed by atoms with van der Waals surface area (Å²) in [5, 5.41) is 12.9. The Bertz CT molecular complexity index is 4770. The van der Waals surface area contributed by atoms with Gasteiger partial charge < -0.3 is 9.30 Å². The molecule has 15 aromatic rings. The lowest BCUT2D eigenvalue weighted by atomic mass is 10.00. The molecule has 3 aromatic heterocycles. The van der Waals surface area contributed by atoms with Gasteiger partial charge in [-0.25, -0.2) is 0 Å². The number of thiophene rings is 2. The van der Waals surface area contributed by atoms with E-state index in [-0.39, 0.29) is 0 Å². The molecule has 1 unspecified atom stereocenters. The molecule has 4 heterocycles. The van der Waals surface area contributed by atoms with Gasteiger partial charge >= 0.3 is 0 Å². The molecule has 5 heteroatoms. The van der Waals surface area contributed by atoms with Gasteiger partial charge in [0.05, 0.1) is 11.0 Å². The van der Waals surface area contributed by atoms with Crippen molar-refractivity contribution in [1.29, 1.82) is 0 Å². The largest absolute Gasteiger partial charge is 0.458 e. The fourth-order valence-corrected chi connectivity index (χ4v) is 20.0. The van der Waals surface area contributed by atoms with Crippen LogP contribution in [-0.4, -0.2) is 12.6 Å². The summed E-state index contributed by atoms with van der Waals surface area (Å²) in [6.45, 7) is 0. The van der Waals surface area contributed by atoms with E-state index in [1.165, 1.54) is 122 Å². The van der Waals surface area contributed by atoms with Gasteiger partial charge in [0.15, 0.2) is 8.07 Å². The Morgan fingerprint density at radius 1 is 0.299 bits per heavy atom. The Kier molecular flexibility index (Phi) is 10.0. The average molecular weight is 1030 g/mol. The van der Waals surface area contributed by atoms with Gasteiger partial charge in [0.1, 0.15) is 11.5 Å². The van der Waals surface area contributed by atoms with Crippen molar-refractivity contribution in [2.75, 3.05) is 0 Å². The van der Waals surface area contributed by atoms with Gasteiger partial charge in [0, 0.05) is 56.8 Å². The second-order valence-corrected chi connectivity index (χ2v) is 26.1. The van der Waals surface area contributed by atoms with Crippen LogP contribution in [0.25, 0.3) is 112 Å². The molecule has 0 amide bonds. The van der Waals surface area contributed by atoms with E-state index in [1.807, 2.05) is 22.7 Å². The summed E-state index contributed by atoms with van der Waals surface area (Å²) in [5.41, 5.74) is 13.2. The molecule has 0 fully saturated rings. The van der Waals surface area contributed by atoms with E-state index in [2.05, 4.69) is 278 Å². The van der Waals surface area contributed by atoms with Crippen molar-refractivity contribution < 1.29 is 4.74 Å². The van der Waals surface area contributed by atoms with Crippen molar-refractivity contribution in [3.05, 3.63) is 273 Å². The van der Waals surface area contributed by atoms with Gasteiger partial charge in [-0.2, -0.15) is 0 Å². The van der Waals surface area contributed by atoms with E-state index < -0.39 is 8.07 Å². The van der Waals surface area contributed by atoms with Gasteiger partial charge in [-0.15, -0.1) is 22.7 Å². The van der Waals surface area contributed by atoms with Crippen LogP contribution < -0.4 is 25.5 Å². The van der Waals surface area contributed by atoms with Crippen LogP contribution in [0.4, 0.5) is 0 Å². The lowest BCUT2D eigenvalue weighted by Crippen LogP contribution is -2.76. The van der Waals surface area contributed by atoms with E-state index in [1.54, 1.807) is 0 Å². The Morgan fingerprint density at radius 2 is 0.805 bits per heavy atom. The molecule has 0 aliphatic carbocycles. The highest BCUT2D eigenvalue weighted by atomic mass is 32.1. The van der Waals surface area contributed by atoms with Crippen molar-refractivity contribution in [2.45, 2.75) is 0 Å². The zero-order valence-electron chi connectivity index (χ0n) is 41.7. The van der Waals surface area contributed by atoms with Crippen LogP contribution in [-0.2, 0) is 0 Å². The van der Waals surface area contributed by atoms with Crippen LogP contribution in [0.3, 0.4) is 0 Å². The van der Waals surface area contributed by atoms with E-state index in [0.717, 1.165) is 22.7 Å². The molecule has 77 heavy (non-hydrogen) atoms. The van der Waals surface area contributed by atoms with Gasteiger partial charge in [0.25, 0.3) is 0 Å². The fourth-order valence-electron chi connectivity index (χ4n) is 12.6. The third-order valence-corrected chi connectivity index (χ3v) is 23.5. The van der Waals surface area contributed by atoms with E-state index in [4.69, 9.17) is 4.74 Å². The highest BCUT2D eigenvalue weighted by Gasteiger charge is 2.48. The molecule has 0 N–H and O–H groups in total. The molecule has 0 bridgehead atoms. The summed E-state index contributed by atoms with van der Waals surface area (Å²) >= 11 is 3.76. The Morgan fingerprint density at radius 3 is 1.49 bits per heavy atom. The standard InChI is InChI=1S/C72H45NOS2Si/c1-2-14-49(15-3-1)55-19-12-21-61-62-22-13-20-56(72(62)76-71(55)61)51-35-43-70-66(44-51)74-65-25-9-11-27-69(65)77(70,54-40-32-48(33-41-54)50-34-42-60-59-18-6-10-26-67(59)75-68(60)45-50)53-38-30-47(31-39-53)46-28-36-52(37-29-46)73-63-23-7-4-16-57(63)58-17-5-8-24-64(58)73/h1-45H. The first-order chi connectivity index (χ1) is 38.2. The number of para-hydroxylation sites is 3. The first-order valence-electron chi connectivity index (χ1n) is 26.3. The maximum atomic E-state index is 7.17. The molecule has 360 valence electrons. The first-order valence-corrected chi connectivity index (χ1v) is 29.9. The summed E-state index contributed by atoms with van der Waals surface area (Å²) in [6.07, 6.45) is 0. The van der Waals surface area contributed by atoms with Gasteiger partial charge in [-0.05, 0) is 114 Å². The van der Waals surface area contributed by atoms with E-state index in [9.17, 15) is 0 Å². The average Bonchev–Trinajstić information content (AvgIpc) is 4.37. The second kappa shape index (κ2) is 17.5. The Hall–Kier alpha value is -9.10. The molecule has 2 nitrogen and oxygen atoms in total. The van der Waals surface area contributed by atoms with Gasteiger partial charge in [-0.1, -0.05) is 224 Å². The Labute approximate surface area is 454 Å². The molecule has 1 aliphatic rings. The minimum absolute atomic E-state index is 0.917. The predicted octanol–water partition coefficient (Wildman–Crippen LogP) is 17.7. The van der Waals surface area contributed by atoms with Crippen molar-refractivity contribution in [1.82, 2.24) is 4.57 Å². The number of rotatable bonds is 7. The van der Waals surface area contributed by atoms with Crippen molar-refractivity contribution in [2.24, 2.45) is 0 Å². The number of aromatic nitrogens is 1. The maximum absolute atomic E-state index is 7.17. The summed E-state index contributed by atoms with van der Waals surface area (Å²) in [7, 11) is -3.06. The molecular formula is C72H45NOS2Si. The maximum Gasteiger partial charge on any atom is 0.188 e. The lowest BCUT2D eigenvalue weighted by molar-refractivity contribution is 0.487. The predicted molar refractivity (Wildman–Crippen MR) is 332 cm³/mol. The number of nitrogens with zero attached hydrogens (tertiary/aromatic N) is 1. The molecule has 1 atom stereocenters. The smallest absolute Gasteiger partial charge is 0.188 e. The van der Waals surface area contributed by atoms with Crippen molar-refractivity contribution in [3.63, 3.8) is 0 Å². The lowest BCUT2D eigenvalue weighted by Gasteiger charge is -2.40. The molecule has 16 rings (SSSR count). The first kappa shape index (κ1) is 44.2. The normalized spacial score (nSPS) is 14.1. The summed E-state index contributed by atoms with van der Waals surface area (Å²) in [6, 6.07) is 101. The summed E-state index contributed by atoms with van der Waals surface area (Å²) in [5.74, 6) is 1.83. The van der Waals surface area contributed by atoms with Gasteiger partial charge in [-0.3, -0.25) is 0 Å². The highest BCUT2D eigenvalue weighted by molar-refractivity contribution is 7.27. The van der Waals surface area contributed by atoms with Crippen molar-refractivity contribution >= 4 is 114 Å². The molecule has 12 aromatic carbocycles. The second-order valence-electron chi connectivity index (χ2n) is 20.3. The zero-order valence-corrected chi connectivity index (χ0v) is 44.3. The van der Waals surface area contributed by atoms with E-state index >= 15 is 0 Å². The van der Waals surface area contributed by atoms with E-state index in [0.29, 0.717) is 0 Å². The molecular weight excluding hydrogens is 987 g/mol. The van der Waals surface area contributed by atoms with Crippen molar-refractivity contribution in [3.8, 4) is 61.7 Å². The molecule has 1 aliphatic heterocycles. The SMILES string of the molecule is c1ccc(-c2cccc3c2sc2c(-c4ccc5c(c4)Oc4ccccc4[Si]5(c4ccc(-c5ccc(-n6c7ccccc7c7ccccc76)cc5)cc4)c4ccc(-c5ccc6c(c5)sc5ccccc56)cc4)cccc23)cc1. The summed E-state index contributed by atoms with van der Waals surface area (Å²) < 4.78 is 14.8. The number of ether oxygens (including phenoxy) is 1.